The van der Waals surface area contributed by atoms with Gasteiger partial charge in [-0.3, -0.25) is 9.59 Å². The Hall–Kier alpha value is -2.21. The third kappa shape index (κ3) is 6.12. The van der Waals surface area contributed by atoms with Gasteiger partial charge in [-0.25, -0.2) is 4.79 Å². The SMILES string of the molecule is CSCCC(NC(=O)/C(C#N)=C\N1CCN(C(C)=O)CC1)C(=O)O. The molecule has 0 aromatic heterocycles. The normalized spacial score (nSPS) is 16.3. The molecule has 132 valence electrons. The van der Waals surface area contributed by atoms with E-state index in [0.717, 1.165) is 0 Å². The number of carbonyl (C=O) groups is 3. The van der Waals surface area contributed by atoms with Gasteiger partial charge >= 0.3 is 5.97 Å². The molecule has 8 nitrogen and oxygen atoms in total. The van der Waals surface area contributed by atoms with Crippen LogP contribution in [0.5, 0.6) is 0 Å². The van der Waals surface area contributed by atoms with Crippen LogP contribution in [0, 0.1) is 11.3 Å². The van der Waals surface area contributed by atoms with Crippen LogP contribution in [0.15, 0.2) is 11.8 Å². The minimum Gasteiger partial charge on any atom is -0.480 e. The highest BCUT2D eigenvalue weighted by atomic mass is 32.2. The number of hydrogen-bond acceptors (Lipinski definition) is 6. The van der Waals surface area contributed by atoms with Gasteiger partial charge < -0.3 is 20.2 Å². The van der Waals surface area contributed by atoms with Gasteiger partial charge in [-0.1, -0.05) is 0 Å². The van der Waals surface area contributed by atoms with Crippen LogP contribution in [-0.4, -0.2) is 76.9 Å². The van der Waals surface area contributed by atoms with Gasteiger partial charge in [0.25, 0.3) is 5.91 Å². The lowest BCUT2D eigenvalue weighted by Gasteiger charge is -2.33. The Morgan fingerprint density at radius 1 is 1.33 bits per heavy atom. The second kappa shape index (κ2) is 9.82. The third-order valence-electron chi connectivity index (χ3n) is 3.65. The number of carboxylic acids is 1. The van der Waals surface area contributed by atoms with Crippen molar-refractivity contribution in [2.45, 2.75) is 19.4 Å². The van der Waals surface area contributed by atoms with E-state index in [2.05, 4.69) is 5.32 Å². The van der Waals surface area contributed by atoms with Crippen LogP contribution < -0.4 is 5.32 Å². The zero-order valence-corrected chi connectivity index (χ0v) is 14.6. The Labute approximate surface area is 145 Å². The summed E-state index contributed by atoms with van der Waals surface area (Å²) in [5.74, 6) is -1.23. The monoisotopic (exact) mass is 354 g/mol. The van der Waals surface area contributed by atoms with E-state index in [4.69, 9.17) is 5.11 Å². The topological polar surface area (TPSA) is 114 Å². The molecule has 2 N–H and O–H groups in total. The quantitative estimate of drug-likeness (QED) is 0.484. The first-order chi connectivity index (χ1) is 11.4. The van der Waals surface area contributed by atoms with E-state index in [1.807, 2.05) is 12.3 Å². The van der Waals surface area contributed by atoms with Gasteiger partial charge in [-0.05, 0) is 18.4 Å². The number of carbonyl (C=O) groups excluding carboxylic acids is 2. The zero-order valence-electron chi connectivity index (χ0n) is 13.8. The molecule has 0 aromatic rings. The first kappa shape index (κ1) is 19.8. The number of aliphatic carboxylic acids is 1. The van der Waals surface area contributed by atoms with E-state index in [-0.39, 0.29) is 17.9 Å². The second-order valence-corrected chi connectivity index (χ2v) is 6.33. The van der Waals surface area contributed by atoms with Crippen LogP contribution in [-0.2, 0) is 14.4 Å². The number of carboxylic acid groups (broad SMARTS) is 1. The molecule has 1 rings (SSSR count). The van der Waals surface area contributed by atoms with Crippen molar-refractivity contribution in [2.24, 2.45) is 0 Å². The first-order valence-electron chi connectivity index (χ1n) is 7.53. The molecular weight excluding hydrogens is 332 g/mol. The Bertz CT molecular complexity index is 550. The van der Waals surface area contributed by atoms with Gasteiger partial charge in [0.1, 0.15) is 17.7 Å². The number of piperazine rings is 1. The predicted octanol–water partition coefficient (Wildman–Crippen LogP) is -0.120. The van der Waals surface area contributed by atoms with Crippen LogP contribution in [0.3, 0.4) is 0 Å². The number of hydrogen-bond donors (Lipinski definition) is 2. The summed E-state index contributed by atoms with van der Waals surface area (Å²) < 4.78 is 0. The molecule has 0 spiro atoms. The second-order valence-electron chi connectivity index (χ2n) is 5.34. The predicted molar refractivity (Wildman–Crippen MR) is 90.1 cm³/mol. The molecule has 1 saturated heterocycles. The molecular formula is C15H22N4O4S. The molecule has 0 aliphatic carbocycles. The van der Waals surface area contributed by atoms with Crippen molar-refractivity contribution in [3.8, 4) is 6.07 Å². The number of nitrogens with one attached hydrogen (secondary N) is 1. The fourth-order valence-corrected chi connectivity index (χ4v) is 2.69. The maximum absolute atomic E-state index is 12.1. The fraction of sp³-hybridized carbons (Fsp3) is 0.600. The molecule has 0 bridgehead atoms. The van der Waals surface area contributed by atoms with E-state index >= 15 is 0 Å². The molecule has 2 amide bonds. The van der Waals surface area contributed by atoms with Crippen molar-refractivity contribution in [1.82, 2.24) is 15.1 Å². The molecule has 24 heavy (non-hydrogen) atoms. The minimum atomic E-state index is -1.12. The molecule has 1 heterocycles. The van der Waals surface area contributed by atoms with E-state index < -0.39 is 17.9 Å². The maximum atomic E-state index is 12.1. The van der Waals surface area contributed by atoms with Crippen LogP contribution >= 0.6 is 11.8 Å². The molecule has 0 aromatic carbocycles. The standard InChI is InChI=1S/C15H22N4O4S/c1-11(20)19-6-4-18(5-7-19)10-12(9-16)14(21)17-13(15(22)23)3-8-24-2/h10,13H,3-8H2,1-2H3,(H,17,21)(H,22,23)/b12-10-. The molecule has 1 unspecified atom stereocenters. The van der Waals surface area contributed by atoms with Gasteiger partial charge in [0.2, 0.25) is 5.91 Å². The average molecular weight is 354 g/mol. The van der Waals surface area contributed by atoms with E-state index in [1.165, 1.54) is 24.9 Å². The van der Waals surface area contributed by atoms with Gasteiger partial charge in [-0.15, -0.1) is 0 Å². The van der Waals surface area contributed by atoms with E-state index in [1.54, 1.807) is 9.80 Å². The van der Waals surface area contributed by atoms with Crippen LogP contribution in [0.1, 0.15) is 13.3 Å². The van der Waals surface area contributed by atoms with Crippen molar-refractivity contribution >= 4 is 29.5 Å². The summed E-state index contributed by atoms with van der Waals surface area (Å²) in [6.07, 6.45) is 3.57. The third-order valence-corrected chi connectivity index (χ3v) is 4.29. The van der Waals surface area contributed by atoms with Crippen molar-refractivity contribution in [3.63, 3.8) is 0 Å². The van der Waals surface area contributed by atoms with Crippen LogP contribution in [0.2, 0.25) is 0 Å². The molecule has 1 fully saturated rings. The summed E-state index contributed by atoms with van der Waals surface area (Å²) in [6, 6.07) is 0.795. The van der Waals surface area contributed by atoms with E-state index in [0.29, 0.717) is 31.9 Å². The molecule has 1 aliphatic rings. The lowest BCUT2D eigenvalue weighted by Crippen LogP contribution is -2.46. The highest BCUT2D eigenvalue weighted by Crippen LogP contribution is 2.07. The highest BCUT2D eigenvalue weighted by molar-refractivity contribution is 7.98. The molecule has 0 radical (unpaired) electrons. The Morgan fingerprint density at radius 3 is 2.42 bits per heavy atom. The number of amides is 2. The lowest BCUT2D eigenvalue weighted by atomic mass is 10.2. The highest BCUT2D eigenvalue weighted by Gasteiger charge is 2.23. The van der Waals surface area contributed by atoms with Crippen LogP contribution in [0.4, 0.5) is 0 Å². The average Bonchev–Trinajstić information content (AvgIpc) is 2.56. The van der Waals surface area contributed by atoms with Crippen molar-refractivity contribution in [3.05, 3.63) is 11.8 Å². The zero-order chi connectivity index (χ0) is 18.1. The summed E-state index contributed by atoms with van der Waals surface area (Å²) in [6.45, 7) is 3.59. The Kier molecular flexibility index (Phi) is 8.12. The summed E-state index contributed by atoms with van der Waals surface area (Å²) in [5.41, 5.74) is -0.137. The number of nitrogens with zero attached hydrogens (tertiary/aromatic N) is 3. The number of thioether (sulfide) groups is 1. The molecule has 0 saturated carbocycles. The Morgan fingerprint density at radius 2 is 1.96 bits per heavy atom. The smallest absolute Gasteiger partial charge is 0.326 e. The summed E-state index contributed by atoms with van der Waals surface area (Å²) in [5, 5.41) is 20.7. The van der Waals surface area contributed by atoms with E-state index in [9.17, 15) is 19.6 Å². The van der Waals surface area contributed by atoms with Crippen molar-refractivity contribution < 1.29 is 19.5 Å². The van der Waals surface area contributed by atoms with Crippen molar-refractivity contribution in [2.75, 3.05) is 38.2 Å². The number of rotatable bonds is 7. The van der Waals surface area contributed by atoms with Gasteiger partial charge in [0.05, 0.1) is 0 Å². The first-order valence-corrected chi connectivity index (χ1v) is 8.92. The summed E-state index contributed by atoms with van der Waals surface area (Å²) >= 11 is 1.48. The molecule has 1 aliphatic heterocycles. The molecule has 9 heteroatoms. The summed E-state index contributed by atoms with van der Waals surface area (Å²) in [4.78, 5) is 38.1. The fourth-order valence-electron chi connectivity index (χ4n) is 2.22. The summed E-state index contributed by atoms with van der Waals surface area (Å²) in [7, 11) is 0. The maximum Gasteiger partial charge on any atom is 0.326 e. The van der Waals surface area contributed by atoms with Gasteiger partial charge in [0, 0.05) is 39.3 Å². The van der Waals surface area contributed by atoms with Crippen LogP contribution in [0.25, 0.3) is 0 Å². The number of nitriles is 1. The van der Waals surface area contributed by atoms with Gasteiger partial charge in [0.15, 0.2) is 0 Å². The largest absolute Gasteiger partial charge is 0.480 e. The lowest BCUT2D eigenvalue weighted by molar-refractivity contribution is -0.141. The Balaban J connectivity index is 2.67. The van der Waals surface area contributed by atoms with Gasteiger partial charge in [-0.2, -0.15) is 17.0 Å². The van der Waals surface area contributed by atoms with Crippen molar-refractivity contribution in [1.29, 1.82) is 5.26 Å². The molecule has 1 atom stereocenters. The minimum absolute atomic E-state index is 0.00465.